The Morgan fingerprint density at radius 1 is 0.469 bits per heavy atom. The number of aromatic nitrogens is 2. The summed E-state index contributed by atoms with van der Waals surface area (Å²) in [5, 5.41) is 6.29. The molecule has 0 spiro atoms. The van der Waals surface area contributed by atoms with Crippen LogP contribution in [0, 0.1) is 0 Å². The maximum absolute atomic E-state index is 4.89. The SMILES string of the molecule is CC1(c2ccc3c(c2)c2ncccc2n3-c2cccc(-c3ccc4c(-c5ccccc5)c5ccccc5c(-c5ccccc5)c4c3)c2)CC1. The lowest BCUT2D eigenvalue weighted by Crippen LogP contribution is -1.99. The third-order valence-corrected chi connectivity index (χ3v) is 10.8. The first-order valence-electron chi connectivity index (χ1n) is 17.3. The zero-order valence-electron chi connectivity index (χ0n) is 27.4. The molecule has 232 valence electrons. The molecule has 0 N–H and O–H groups in total. The van der Waals surface area contributed by atoms with Crippen LogP contribution in [0.2, 0.25) is 0 Å². The van der Waals surface area contributed by atoms with Gasteiger partial charge in [0.15, 0.2) is 0 Å². The third-order valence-electron chi connectivity index (χ3n) is 10.8. The summed E-state index contributed by atoms with van der Waals surface area (Å²) in [6.07, 6.45) is 4.43. The highest BCUT2D eigenvalue weighted by molar-refractivity contribution is 6.22. The minimum atomic E-state index is 0.303. The summed E-state index contributed by atoms with van der Waals surface area (Å²) in [7, 11) is 0. The summed E-state index contributed by atoms with van der Waals surface area (Å²) >= 11 is 0. The van der Waals surface area contributed by atoms with Gasteiger partial charge in [-0.2, -0.15) is 0 Å². The Morgan fingerprint density at radius 2 is 1.10 bits per heavy atom. The van der Waals surface area contributed by atoms with E-state index < -0.39 is 0 Å². The van der Waals surface area contributed by atoms with Crippen LogP contribution in [-0.2, 0) is 5.41 Å². The number of hydrogen-bond donors (Lipinski definition) is 0. The molecule has 2 nitrogen and oxygen atoms in total. The fourth-order valence-electron chi connectivity index (χ4n) is 7.98. The number of hydrogen-bond acceptors (Lipinski definition) is 1. The number of nitrogens with zero attached hydrogens (tertiary/aromatic N) is 2. The van der Waals surface area contributed by atoms with Gasteiger partial charge in [0.2, 0.25) is 0 Å². The molecule has 10 rings (SSSR count). The standard InChI is InChI=1S/C47H34N2/c1-47(25-26-47)35-22-24-42-41(30-35)46-43(20-11-27-48-46)49(42)36-17-10-16-33(28-36)34-21-23-39-40(29-34)45(32-14-6-3-7-15-32)38-19-9-8-18-37(38)44(39)31-12-4-2-5-13-31/h2-24,27-30H,25-26H2,1H3. The van der Waals surface area contributed by atoms with Crippen molar-refractivity contribution in [3.05, 3.63) is 169 Å². The molecule has 0 unspecified atom stereocenters. The normalized spacial score (nSPS) is 13.8. The monoisotopic (exact) mass is 626 g/mol. The molecule has 1 fully saturated rings. The number of benzene rings is 7. The van der Waals surface area contributed by atoms with E-state index in [9.17, 15) is 0 Å². The fourth-order valence-corrected chi connectivity index (χ4v) is 7.98. The van der Waals surface area contributed by atoms with Gasteiger partial charge in [-0.3, -0.25) is 4.98 Å². The Kier molecular flexibility index (Phi) is 6.17. The Labute approximate surface area is 285 Å². The molecule has 2 heteroatoms. The van der Waals surface area contributed by atoms with Gasteiger partial charge in [-0.05, 0) is 121 Å². The van der Waals surface area contributed by atoms with Crippen molar-refractivity contribution in [1.29, 1.82) is 0 Å². The van der Waals surface area contributed by atoms with Crippen molar-refractivity contribution in [2.75, 3.05) is 0 Å². The highest BCUT2D eigenvalue weighted by Gasteiger charge is 2.39. The van der Waals surface area contributed by atoms with E-state index in [-0.39, 0.29) is 0 Å². The van der Waals surface area contributed by atoms with E-state index in [4.69, 9.17) is 4.98 Å². The first kappa shape index (κ1) is 28.1. The minimum absolute atomic E-state index is 0.303. The van der Waals surface area contributed by atoms with Gasteiger partial charge in [0.05, 0.1) is 16.6 Å². The molecule has 49 heavy (non-hydrogen) atoms. The molecule has 1 aliphatic carbocycles. The van der Waals surface area contributed by atoms with Crippen LogP contribution in [0.1, 0.15) is 25.3 Å². The highest BCUT2D eigenvalue weighted by atomic mass is 15.0. The van der Waals surface area contributed by atoms with E-state index in [1.54, 1.807) is 0 Å². The van der Waals surface area contributed by atoms with Gasteiger partial charge in [0, 0.05) is 17.3 Å². The van der Waals surface area contributed by atoms with Crippen LogP contribution in [-0.4, -0.2) is 9.55 Å². The van der Waals surface area contributed by atoms with Gasteiger partial charge in [0.25, 0.3) is 0 Å². The zero-order chi connectivity index (χ0) is 32.5. The van der Waals surface area contributed by atoms with E-state index in [0.29, 0.717) is 5.41 Å². The van der Waals surface area contributed by atoms with Gasteiger partial charge in [-0.25, -0.2) is 0 Å². The molecule has 0 amide bonds. The van der Waals surface area contributed by atoms with Gasteiger partial charge in [-0.15, -0.1) is 0 Å². The highest BCUT2D eigenvalue weighted by Crippen LogP contribution is 2.49. The van der Waals surface area contributed by atoms with Crippen molar-refractivity contribution in [2.45, 2.75) is 25.2 Å². The second-order valence-corrected chi connectivity index (χ2v) is 13.8. The Balaban J connectivity index is 1.21. The predicted molar refractivity (Wildman–Crippen MR) is 206 cm³/mol. The Morgan fingerprint density at radius 3 is 1.82 bits per heavy atom. The van der Waals surface area contributed by atoms with Gasteiger partial charge in [0.1, 0.15) is 0 Å². The lowest BCUT2D eigenvalue weighted by molar-refractivity contribution is 0.789. The lowest BCUT2D eigenvalue weighted by Gasteiger charge is -2.19. The van der Waals surface area contributed by atoms with Crippen LogP contribution in [0.25, 0.3) is 82.5 Å². The van der Waals surface area contributed by atoms with Crippen LogP contribution >= 0.6 is 0 Å². The topological polar surface area (TPSA) is 17.8 Å². The van der Waals surface area contributed by atoms with Crippen LogP contribution in [0.5, 0.6) is 0 Å². The van der Waals surface area contributed by atoms with Crippen LogP contribution < -0.4 is 0 Å². The largest absolute Gasteiger partial charge is 0.308 e. The molecule has 2 aromatic heterocycles. The van der Waals surface area contributed by atoms with Crippen LogP contribution in [0.4, 0.5) is 0 Å². The second kappa shape index (κ2) is 10.8. The molecule has 0 saturated heterocycles. The summed E-state index contributed by atoms with van der Waals surface area (Å²) in [4.78, 5) is 4.89. The molecule has 2 heterocycles. The second-order valence-electron chi connectivity index (χ2n) is 13.8. The average Bonchev–Trinajstić information content (AvgIpc) is 3.84. The van der Waals surface area contributed by atoms with Crippen LogP contribution in [0.3, 0.4) is 0 Å². The molecular weight excluding hydrogens is 593 g/mol. The van der Waals surface area contributed by atoms with E-state index in [1.807, 2.05) is 12.3 Å². The van der Waals surface area contributed by atoms with E-state index >= 15 is 0 Å². The van der Waals surface area contributed by atoms with Gasteiger partial charge >= 0.3 is 0 Å². The summed E-state index contributed by atoms with van der Waals surface area (Å²) in [6, 6.07) is 57.9. The van der Waals surface area contributed by atoms with Crippen molar-refractivity contribution < 1.29 is 0 Å². The number of fused-ring (bicyclic) bond motifs is 5. The van der Waals surface area contributed by atoms with E-state index in [0.717, 1.165) is 16.7 Å². The average molecular weight is 627 g/mol. The smallest absolute Gasteiger partial charge is 0.0963 e. The number of rotatable bonds is 5. The summed E-state index contributed by atoms with van der Waals surface area (Å²) in [5.41, 5.74) is 13.7. The summed E-state index contributed by atoms with van der Waals surface area (Å²) < 4.78 is 2.39. The predicted octanol–water partition coefficient (Wildman–Crippen LogP) is 12.5. The summed E-state index contributed by atoms with van der Waals surface area (Å²) in [6.45, 7) is 2.38. The molecule has 0 radical (unpaired) electrons. The first-order chi connectivity index (χ1) is 24.2. The molecule has 1 saturated carbocycles. The molecule has 9 aromatic rings. The third kappa shape index (κ3) is 4.44. The van der Waals surface area contributed by atoms with Gasteiger partial charge in [-0.1, -0.05) is 122 Å². The molecule has 0 bridgehead atoms. The number of pyridine rings is 1. The molecular formula is C47H34N2. The van der Waals surface area contributed by atoms with Crippen molar-refractivity contribution in [3.63, 3.8) is 0 Å². The zero-order valence-corrected chi connectivity index (χ0v) is 27.4. The van der Waals surface area contributed by atoms with Crippen molar-refractivity contribution in [3.8, 4) is 39.1 Å². The molecule has 7 aromatic carbocycles. The molecule has 1 aliphatic rings. The molecule has 0 atom stereocenters. The van der Waals surface area contributed by atoms with E-state index in [2.05, 4.69) is 163 Å². The van der Waals surface area contributed by atoms with Gasteiger partial charge < -0.3 is 4.57 Å². The summed E-state index contributed by atoms with van der Waals surface area (Å²) in [5.74, 6) is 0. The fraction of sp³-hybridized carbons (Fsp3) is 0.0851. The van der Waals surface area contributed by atoms with Crippen molar-refractivity contribution >= 4 is 43.5 Å². The maximum Gasteiger partial charge on any atom is 0.0963 e. The van der Waals surface area contributed by atoms with Crippen molar-refractivity contribution in [2.24, 2.45) is 0 Å². The lowest BCUT2D eigenvalue weighted by atomic mass is 9.85. The van der Waals surface area contributed by atoms with Crippen molar-refractivity contribution in [1.82, 2.24) is 9.55 Å². The van der Waals surface area contributed by atoms with E-state index in [1.165, 1.54) is 84.2 Å². The minimum Gasteiger partial charge on any atom is -0.308 e. The maximum atomic E-state index is 4.89. The Hall–Kier alpha value is -5.99. The molecule has 0 aliphatic heterocycles. The van der Waals surface area contributed by atoms with Crippen LogP contribution in [0.15, 0.2) is 164 Å². The quantitative estimate of drug-likeness (QED) is 0.174. The first-order valence-corrected chi connectivity index (χ1v) is 17.3. The Bertz CT molecular complexity index is 2720.